The summed E-state index contributed by atoms with van der Waals surface area (Å²) in [4.78, 5) is 12.2. The van der Waals surface area contributed by atoms with Gasteiger partial charge in [0.1, 0.15) is 15.7 Å². The Morgan fingerprint density at radius 2 is 2.08 bits per heavy atom. The predicted octanol–water partition coefficient (Wildman–Crippen LogP) is 1.58. The van der Waals surface area contributed by atoms with Gasteiger partial charge in [-0.25, -0.2) is 13.1 Å². The average Bonchev–Trinajstić information content (AvgIpc) is 3.34. The van der Waals surface area contributed by atoms with Crippen molar-refractivity contribution in [2.45, 2.75) is 23.7 Å². The van der Waals surface area contributed by atoms with Gasteiger partial charge in [-0.1, -0.05) is 11.3 Å². The zero-order valence-electron chi connectivity index (χ0n) is 13.1. The third-order valence-electron chi connectivity index (χ3n) is 3.57. The number of rotatable bonds is 6. The van der Waals surface area contributed by atoms with E-state index in [2.05, 4.69) is 20.2 Å². The number of ether oxygens (including phenoxy) is 1. The number of nitrogens with one attached hydrogen (secondary N) is 2. The van der Waals surface area contributed by atoms with Crippen LogP contribution >= 0.6 is 11.3 Å². The molecule has 0 aliphatic heterocycles. The van der Waals surface area contributed by atoms with Crippen molar-refractivity contribution in [2.75, 3.05) is 19.5 Å². The molecule has 1 saturated carbocycles. The lowest BCUT2D eigenvalue weighted by Crippen LogP contribution is -2.20. The number of nitrogens with zero attached hydrogens (tertiary/aromatic N) is 2. The summed E-state index contributed by atoms with van der Waals surface area (Å²) in [6.07, 6.45) is 2.21. The van der Waals surface area contributed by atoms with Crippen molar-refractivity contribution in [2.24, 2.45) is 0 Å². The highest BCUT2D eigenvalue weighted by atomic mass is 32.2. The number of hydrogen-bond acceptors (Lipinski definition) is 7. The second-order valence-corrected chi connectivity index (χ2v) is 8.11. The molecule has 0 saturated heterocycles. The second kappa shape index (κ2) is 6.46. The van der Waals surface area contributed by atoms with E-state index in [4.69, 9.17) is 4.74 Å². The lowest BCUT2D eigenvalue weighted by atomic mass is 10.2. The Morgan fingerprint density at radius 1 is 1.33 bits per heavy atom. The van der Waals surface area contributed by atoms with Crippen LogP contribution in [0.1, 0.15) is 34.1 Å². The van der Waals surface area contributed by atoms with E-state index in [-0.39, 0.29) is 16.2 Å². The van der Waals surface area contributed by atoms with Crippen LogP contribution in [0, 0.1) is 0 Å². The summed E-state index contributed by atoms with van der Waals surface area (Å²) in [7, 11) is -1.09. The summed E-state index contributed by atoms with van der Waals surface area (Å²) in [5.41, 5.74) is 0.188. The number of carbonyl (C=O) groups is 1. The molecule has 1 aromatic heterocycles. The smallest absolute Gasteiger partial charge is 0.257 e. The molecule has 3 rings (SSSR count). The molecule has 128 valence electrons. The molecule has 1 heterocycles. The molecule has 8 nitrogen and oxygen atoms in total. The molecule has 0 bridgehead atoms. The van der Waals surface area contributed by atoms with Gasteiger partial charge in [0.05, 0.1) is 7.11 Å². The van der Waals surface area contributed by atoms with Gasteiger partial charge < -0.3 is 4.74 Å². The zero-order valence-corrected chi connectivity index (χ0v) is 14.7. The minimum atomic E-state index is -3.75. The van der Waals surface area contributed by atoms with Crippen LogP contribution in [0.3, 0.4) is 0 Å². The Hall–Kier alpha value is -2.04. The predicted molar refractivity (Wildman–Crippen MR) is 89.1 cm³/mol. The highest BCUT2D eigenvalue weighted by Gasteiger charge is 2.28. The van der Waals surface area contributed by atoms with Crippen LogP contribution in [0.15, 0.2) is 23.1 Å². The molecule has 0 atom stereocenters. The lowest BCUT2D eigenvalue weighted by Gasteiger charge is -2.10. The maximum Gasteiger partial charge on any atom is 0.257 e. The average molecular weight is 368 g/mol. The number of methoxy groups -OCH3 is 1. The van der Waals surface area contributed by atoms with Crippen LogP contribution in [0.4, 0.5) is 5.13 Å². The van der Waals surface area contributed by atoms with Gasteiger partial charge in [-0.2, -0.15) is 0 Å². The van der Waals surface area contributed by atoms with E-state index in [0.717, 1.165) is 17.8 Å². The summed E-state index contributed by atoms with van der Waals surface area (Å²) in [6, 6.07) is 4.20. The van der Waals surface area contributed by atoms with Crippen molar-refractivity contribution < 1.29 is 17.9 Å². The highest BCUT2D eigenvalue weighted by molar-refractivity contribution is 7.89. The van der Waals surface area contributed by atoms with E-state index in [0.29, 0.717) is 11.0 Å². The van der Waals surface area contributed by atoms with Crippen molar-refractivity contribution in [3.8, 4) is 5.75 Å². The van der Waals surface area contributed by atoms with Gasteiger partial charge in [0.25, 0.3) is 5.91 Å². The van der Waals surface area contributed by atoms with Gasteiger partial charge in [-0.05, 0) is 38.1 Å². The van der Waals surface area contributed by atoms with Crippen LogP contribution in [-0.4, -0.2) is 38.7 Å². The summed E-state index contributed by atoms with van der Waals surface area (Å²) in [5.74, 6) is 0.165. The van der Waals surface area contributed by atoms with Gasteiger partial charge >= 0.3 is 0 Å². The van der Waals surface area contributed by atoms with Crippen molar-refractivity contribution in [3.05, 3.63) is 28.8 Å². The van der Waals surface area contributed by atoms with Crippen LogP contribution in [0.5, 0.6) is 5.75 Å². The van der Waals surface area contributed by atoms with Crippen molar-refractivity contribution in [3.63, 3.8) is 0 Å². The molecule has 1 aliphatic rings. The number of amides is 1. The van der Waals surface area contributed by atoms with Crippen LogP contribution in [0.2, 0.25) is 0 Å². The van der Waals surface area contributed by atoms with Crippen molar-refractivity contribution in [1.82, 2.24) is 14.9 Å². The minimum Gasteiger partial charge on any atom is -0.495 e. The maximum absolute atomic E-state index is 12.3. The van der Waals surface area contributed by atoms with Crippen molar-refractivity contribution in [1.29, 1.82) is 0 Å². The quantitative estimate of drug-likeness (QED) is 0.801. The van der Waals surface area contributed by atoms with E-state index in [1.54, 1.807) is 0 Å². The fourth-order valence-corrected chi connectivity index (χ4v) is 3.91. The maximum atomic E-state index is 12.3. The molecule has 2 aromatic rings. The zero-order chi connectivity index (χ0) is 17.3. The number of sulfonamides is 1. The first-order chi connectivity index (χ1) is 11.4. The van der Waals surface area contributed by atoms with E-state index in [9.17, 15) is 13.2 Å². The number of benzene rings is 1. The molecule has 1 fully saturated rings. The SMILES string of the molecule is CNS(=O)(=O)c1cc(C(=O)Nc2nnc(C3CC3)s2)ccc1OC. The van der Waals surface area contributed by atoms with Gasteiger partial charge in [-0.15, -0.1) is 10.2 Å². The fourth-order valence-electron chi connectivity index (χ4n) is 2.09. The van der Waals surface area contributed by atoms with E-state index < -0.39 is 15.9 Å². The number of hydrogen-bond donors (Lipinski definition) is 2. The molecule has 2 N–H and O–H groups in total. The molecule has 24 heavy (non-hydrogen) atoms. The van der Waals surface area contributed by atoms with Gasteiger partial charge in [0.2, 0.25) is 15.2 Å². The summed E-state index contributed by atoms with van der Waals surface area (Å²) in [6.45, 7) is 0. The first-order valence-electron chi connectivity index (χ1n) is 7.21. The number of anilines is 1. The lowest BCUT2D eigenvalue weighted by molar-refractivity contribution is 0.102. The highest BCUT2D eigenvalue weighted by Crippen LogP contribution is 2.42. The van der Waals surface area contributed by atoms with Gasteiger partial charge in [-0.3, -0.25) is 10.1 Å². The Kier molecular flexibility index (Phi) is 4.52. The monoisotopic (exact) mass is 368 g/mol. The Balaban J connectivity index is 1.84. The third-order valence-corrected chi connectivity index (χ3v) is 6.01. The third kappa shape index (κ3) is 3.40. The largest absolute Gasteiger partial charge is 0.495 e. The normalized spacial score (nSPS) is 14.4. The van der Waals surface area contributed by atoms with Crippen molar-refractivity contribution >= 4 is 32.4 Å². The molecule has 0 spiro atoms. The molecule has 1 aromatic carbocycles. The molecule has 1 aliphatic carbocycles. The second-order valence-electron chi connectivity index (χ2n) is 5.25. The molecule has 0 radical (unpaired) electrons. The molecular formula is C14H16N4O4S2. The van der Waals surface area contributed by atoms with E-state index in [1.807, 2.05) is 0 Å². The molecular weight excluding hydrogens is 352 g/mol. The Morgan fingerprint density at radius 3 is 2.71 bits per heavy atom. The first kappa shape index (κ1) is 16.8. The number of carbonyl (C=O) groups excluding carboxylic acids is 1. The van der Waals surface area contributed by atoms with Crippen LogP contribution in [-0.2, 0) is 10.0 Å². The first-order valence-corrected chi connectivity index (χ1v) is 9.51. The minimum absolute atomic E-state index is 0.101. The summed E-state index contributed by atoms with van der Waals surface area (Å²) in [5, 5.41) is 12.0. The molecule has 0 unspecified atom stereocenters. The molecule has 1 amide bonds. The van der Waals surface area contributed by atoms with E-state index in [1.165, 1.54) is 43.7 Å². The van der Waals surface area contributed by atoms with Gasteiger partial charge in [0.15, 0.2) is 0 Å². The standard InChI is InChI=1S/C14H16N4O4S2/c1-15-24(20,21)11-7-9(5-6-10(11)22-2)12(19)16-14-18-17-13(23-14)8-3-4-8/h5-8,15H,3-4H2,1-2H3,(H,16,18,19). The fraction of sp³-hybridized carbons (Fsp3) is 0.357. The van der Waals surface area contributed by atoms with E-state index >= 15 is 0 Å². The molecule has 10 heteroatoms. The van der Waals surface area contributed by atoms with Crippen LogP contribution < -0.4 is 14.8 Å². The van der Waals surface area contributed by atoms with Crippen LogP contribution in [0.25, 0.3) is 0 Å². The summed E-state index contributed by atoms with van der Waals surface area (Å²) >= 11 is 1.34. The topological polar surface area (TPSA) is 110 Å². The Labute approximate surface area is 143 Å². The number of aromatic nitrogens is 2. The van der Waals surface area contributed by atoms with Gasteiger partial charge in [0, 0.05) is 11.5 Å². The summed E-state index contributed by atoms with van der Waals surface area (Å²) < 4.78 is 31.4. The Bertz CT molecular complexity index is 875.